The average Bonchev–Trinajstić information content (AvgIpc) is 3.74. The van der Waals surface area contributed by atoms with Crippen LogP contribution in [0.25, 0.3) is 22.4 Å². The molecule has 2 aromatic carbocycles. The second-order valence-electron chi connectivity index (χ2n) is 11.7. The Balaban J connectivity index is 1.21. The predicted molar refractivity (Wildman–Crippen MR) is 187 cm³/mol. The Morgan fingerprint density at radius 1 is 0.898 bits per heavy atom. The first-order valence-electron chi connectivity index (χ1n) is 15.9. The third kappa shape index (κ3) is 7.57. The van der Waals surface area contributed by atoms with Crippen LogP contribution in [0.4, 0.5) is 5.69 Å². The van der Waals surface area contributed by atoms with Crippen LogP contribution in [-0.2, 0) is 40.5 Å². The van der Waals surface area contributed by atoms with E-state index in [4.69, 9.17) is 42.6 Å². The number of nitrogens with zero attached hydrogens (tertiary/aromatic N) is 4. The number of rotatable bonds is 13. The van der Waals surface area contributed by atoms with Crippen molar-refractivity contribution in [2.45, 2.75) is 45.1 Å². The van der Waals surface area contributed by atoms with Crippen molar-refractivity contribution in [3.05, 3.63) is 81.2 Å². The van der Waals surface area contributed by atoms with Crippen LogP contribution < -0.4 is 30.3 Å². The molecule has 4 heterocycles. The van der Waals surface area contributed by atoms with E-state index < -0.39 is 0 Å². The molecule has 4 aromatic rings. The molecule has 0 saturated carbocycles. The second-order valence-corrected chi connectivity index (χ2v) is 12.5. The van der Waals surface area contributed by atoms with Crippen LogP contribution in [0.3, 0.4) is 0 Å². The van der Waals surface area contributed by atoms with E-state index in [2.05, 4.69) is 30.6 Å². The molecule has 1 atom stereocenters. The van der Waals surface area contributed by atoms with Crippen molar-refractivity contribution in [1.82, 2.24) is 30.9 Å². The fraction of sp³-hybridized carbons (Fsp3) is 0.343. The van der Waals surface area contributed by atoms with Crippen molar-refractivity contribution in [3.63, 3.8) is 0 Å². The van der Waals surface area contributed by atoms with E-state index in [9.17, 15) is 9.59 Å². The molecule has 6 rings (SSSR count). The van der Waals surface area contributed by atoms with Gasteiger partial charge in [-0.25, -0.2) is 9.97 Å². The second kappa shape index (κ2) is 15.4. The van der Waals surface area contributed by atoms with Gasteiger partial charge in [0.2, 0.25) is 17.7 Å². The van der Waals surface area contributed by atoms with Crippen molar-refractivity contribution in [3.8, 4) is 34.1 Å². The fourth-order valence-corrected chi connectivity index (χ4v) is 6.76. The van der Waals surface area contributed by atoms with Gasteiger partial charge in [0, 0.05) is 47.8 Å². The Hall–Kier alpha value is -4.49. The van der Waals surface area contributed by atoms with Gasteiger partial charge >= 0.3 is 5.97 Å². The SMILES string of the molecule is COC(=O)CNCc1nc2c(c(OC)n1)CN(c1cccc(-c3cccc(-c4ccc(CNC[C@@H]5CCC(=O)N5)c(OC)n4)c3Cl)c1Cl)C2. The highest BCUT2D eigenvalue weighted by Crippen LogP contribution is 2.44. The minimum atomic E-state index is -0.370. The molecule has 3 N–H and O–H groups in total. The zero-order chi connectivity index (χ0) is 34.5. The molecule has 14 heteroatoms. The predicted octanol–water partition coefficient (Wildman–Crippen LogP) is 4.68. The zero-order valence-electron chi connectivity index (χ0n) is 27.4. The number of hydrogen-bond donors (Lipinski definition) is 3. The number of aromatic nitrogens is 3. The molecule has 2 aliphatic heterocycles. The van der Waals surface area contributed by atoms with Crippen LogP contribution in [0, 0.1) is 0 Å². The Labute approximate surface area is 294 Å². The number of ether oxygens (including phenoxy) is 3. The number of carbonyl (C=O) groups excluding carboxylic acids is 2. The van der Waals surface area contributed by atoms with Crippen LogP contribution in [0.2, 0.25) is 10.0 Å². The molecule has 0 bridgehead atoms. The highest BCUT2D eigenvalue weighted by molar-refractivity contribution is 6.39. The summed E-state index contributed by atoms with van der Waals surface area (Å²) in [5.74, 6) is 1.22. The minimum absolute atomic E-state index is 0.0488. The van der Waals surface area contributed by atoms with E-state index in [1.807, 2.05) is 48.5 Å². The van der Waals surface area contributed by atoms with Crippen LogP contribution in [-0.4, -0.2) is 67.3 Å². The largest absolute Gasteiger partial charge is 0.481 e. The van der Waals surface area contributed by atoms with Crippen LogP contribution in [0.15, 0.2) is 48.5 Å². The van der Waals surface area contributed by atoms with Gasteiger partial charge in [-0.15, -0.1) is 0 Å². The lowest BCUT2D eigenvalue weighted by Crippen LogP contribution is -2.35. The lowest BCUT2D eigenvalue weighted by Gasteiger charge is -2.21. The van der Waals surface area contributed by atoms with E-state index in [1.54, 1.807) is 14.2 Å². The van der Waals surface area contributed by atoms with E-state index in [0.717, 1.165) is 45.6 Å². The molecule has 0 unspecified atom stereocenters. The van der Waals surface area contributed by atoms with E-state index >= 15 is 0 Å². The van der Waals surface area contributed by atoms with Crippen LogP contribution in [0.1, 0.15) is 35.5 Å². The number of esters is 1. The molecule has 49 heavy (non-hydrogen) atoms. The molecule has 2 aromatic heterocycles. The maximum atomic E-state index is 11.5. The first-order valence-corrected chi connectivity index (χ1v) is 16.6. The summed E-state index contributed by atoms with van der Waals surface area (Å²) in [5, 5.41) is 10.4. The topological polar surface area (TPSA) is 140 Å². The molecule has 0 radical (unpaired) electrons. The summed E-state index contributed by atoms with van der Waals surface area (Å²) in [7, 11) is 4.51. The Kier molecular flexibility index (Phi) is 10.8. The molecule has 1 fully saturated rings. The summed E-state index contributed by atoms with van der Waals surface area (Å²) in [6, 6.07) is 15.7. The molecule has 0 spiro atoms. The number of fused-ring (bicyclic) bond motifs is 1. The molecule has 2 aliphatic rings. The summed E-state index contributed by atoms with van der Waals surface area (Å²) in [5.41, 5.74) is 6.38. The highest BCUT2D eigenvalue weighted by atomic mass is 35.5. The number of hydrogen-bond acceptors (Lipinski definition) is 11. The van der Waals surface area contributed by atoms with Gasteiger partial charge in [0.1, 0.15) is 5.82 Å². The molecule has 1 saturated heterocycles. The normalized spacial score (nSPS) is 15.2. The van der Waals surface area contributed by atoms with Gasteiger partial charge in [0.25, 0.3) is 0 Å². The Morgan fingerprint density at radius 2 is 1.65 bits per heavy atom. The number of amides is 1. The summed E-state index contributed by atoms with van der Waals surface area (Å²) >= 11 is 14.2. The van der Waals surface area contributed by atoms with Crippen molar-refractivity contribution in [2.75, 3.05) is 39.3 Å². The van der Waals surface area contributed by atoms with Gasteiger partial charge in [0.15, 0.2) is 0 Å². The van der Waals surface area contributed by atoms with Crippen molar-refractivity contribution in [1.29, 1.82) is 0 Å². The van der Waals surface area contributed by atoms with Crippen molar-refractivity contribution in [2.24, 2.45) is 0 Å². The lowest BCUT2D eigenvalue weighted by atomic mass is 10.00. The Morgan fingerprint density at radius 3 is 2.39 bits per heavy atom. The number of carbonyl (C=O) groups is 2. The van der Waals surface area contributed by atoms with E-state index in [0.29, 0.717) is 65.9 Å². The molecular formula is C35H37Cl2N7O5. The smallest absolute Gasteiger partial charge is 0.319 e. The highest BCUT2D eigenvalue weighted by Gasteiger charge is 2.28. The third-order valence-corrected chi connectivity index (χ3v) is 9.38. The van der Waals surface area contributed by atoms with E-state index in [1.165, 1.54) is 7.11 Å². The zero-order valence-corrected chi connectivity index (χ0v) is 29.0. The number of methoxy groups -OCH3 is 3. The number of anilines is 1. The summed E-state index contributed by atoms with van der Waals surface area (Å²) in [6.07, 6.45) is 1.40. The quantitative estimate of drug-likeness (QED) is 0.167. The summed E-state index contributed by atoms with van der Waals surface area (Å²) in [6.45, 7) is 2.55. The first kappa shape index (κ1) is 34.4. The molecule has 12 nitrogen and oxygen atoms in total. The maximum absolute atomic E-state index is 11.5. The van der Waals surface area contributed by atoms with E-state index in [-0.39, 0.29) is 31.0 Å². The molecule has 0 aliphatic carbocycles. The lowest BCUT2D eigenvalue weighted by molar-refractivity contribution is -0.139. The minimum Gasteiger partial charge on any atom is -0.481 e. The van der Waals surface area contributed by atoms with Crippen LogP contribution in [0.5, 0.6) is 11.8 Å². The summed E-state index contributed by atoms with van der Waals surface area (Å²) in [4.78, 5) is 39.2. The third-order valence-electron chi connectivity index (χ3n) is 8.57. The monoisotopic (exact) mass is 705 g/mol. The van der Waals surface area contributed by atoms with Gasteiger partial charge in [0.05, 0.1) is 80.2 Å². The van der Waals surface area contributed by atoms with Gasteiger partial charge in [-0.1, -0.05) is 59.6 Å². The molecule has 1 amide bonds. The van der Waals surface area contributed by atoms with Crippen molar-refractivity contribution < 1.29 is 23.8 Å². The van der Waals surface area contributed by atoms with Gasteiger partial charge in [-0.3, -0.25) is 14.9 Å². The Bertz CT molecular complexity index is 1870. The van der Waals surface area contributed by atoms with Crippen LogP contribution >= 0.6 is 23.2 Å². The van der Waals surface area contributed by atoms with Gasteiger partial charge in [-0.05, 0) is 18.6 Å². The van der Waals surface area contributed by atoms with Gasteiger partial charge < -0.3 is 29.7 Å². The van der Waals surface area contributed by atoms with Crippen molar-refractivity contribution >= 4 is 40.8 Å². The average molecular weight is 707 g/mol. The maximum Gasteiger partial charge on any atom is 0.319 e. The number of nitrogens with one attached hydrogen (secondary N) is 3. The number of benzene rings is 2. The number of pyridine rings is 1. The van der Waals surface area contributed by atoms with Gasteiger partial charge in [-0.2, -0.15) is 4.98 Å². The first-order chi connectivity index (χ1) is 23.8. The molecule has 256 valence electrons. The standard InChI is InChI=1S/C35H37Cl2N7O5/c1-47-31(46)17-39-16-29-41-27-19-44(18-25(27)35(43-29)49-3)28-9-5-7-23(33(28)37)22-6-4-8-24(32(22)36)26-12-10-20(34(42-26)48-2)14-38-15-21-11-13-30(45)40-21/h4-10,12,21,38-39H,11,13-19H2,1-3H3,(H,40,45)/t21-/m0/s1. The summed E-state index contributed by atoms with van der Waals surface area (Å²) < 4.78 is 15.9. The molecular weight excluding hydrogens is 669 g/mol. The fourth-order valence-electron chi connectivity index (χ4n) is 6.09. The number of halogens is 2.